The third kappa shape index (κ3) is 3.99. The zero-order valence-corrected chi connectivity index (χ0v) is 21.0. The van der Waals surface area contributed by atoms with Gasteiger partial charge in [0.05, 0.1) is 24.0 Å². The van der Waals surface area contributed by atoms with Crippen LogP contribution in [0.4, 0.5) is 19.3 Å². The number of fused-ring (bicyclic) bond motifs is 5. The first-order valence-corrected chi connectivity index (χ1v) is 12.9. The zero-order chi connectivity index (χ0) is 25.0. The first-order chi connectivity index (χ1) is 17.4. The molecule has 9 heteroatoms. The van der Waals surface area contributed by atoms with Gasteiger partial charge in [0, 0.05) is 40.8 Å². The maximum Gasteiger partial charge on any atom is 0.323 e. The van der Waals surface area contributed by atoms with Gasteiger partial charge >= 0.3 is 6.03 Å². The molecule has 0 saturated carbocycles. The number of rotatable bonds is 2. The maximum absolute atomic E-state index is 14.5. The Bertz CT molecular complexity index is 1470. The predicted octanol–water partition coefficient (Wildman–Crippen LogP) is 6.60. The van der Waals surface area contributed by atoms with Crippen LogP contribution in [0.25, 0.3) is 5.00 Å². The van der Waals surface area contributed by atoms with E-state index in [2.05, 4.69) is 21.8 Å². The van der Waals surface area contributed by atoms with E-state index in [1.807, 2.05) is 30.5 Å². The molecular weight excluding hydrogens is 502 g/mol. The topological polar surface area (TPSA) is 40.5 Å². The summed E-state index contributed by atoms with van der Waals surface area (Å²) in [6.07, 6.45) is 2.92. The van der Waals surface area contributed by atoms with Gasteiger partial charge in [-0.3, -0.25) is 0 Å². The number of likely N-dealkylation sites (N-methyl/N-ethyl adjacent to an activating group) is 1. The summed E-state index contributed by atoms with van der Waals surface area (Å²) < 4.78 is 30.5. The third-order valence-corrected chi connectivity index (χ3v) is 8.38. The number of halogens is 3. The largest absolute Gasteiger partial charge is 0.323 e. The quantitative estimate of drug-likeness (QED) is 0.321. The molecule has 0 aliphatic carbocycles. The van der Waals surface area contributed by atoms with Crippen molar-refractivity contribution in [3.05, 3.63) is 105 Å². The summed E-state index contributed by atoms with van der Waals surface area (Å²) in [7, 11) is 2.11. The Morgan fingerprint density at radius 2 is 1.89 bits per heavy atom. The minimum Gasteiger partial charge on any atom is -0.310 e. The van der Waals surface area contributed by atoms with Gasteiger partial charge in [-0.25, -0.2) is 13.6 Å². The Morgan fingerprint density at radius 1 is 1.08 bits per heavy atom. The second-order valence-electron chi connectivity index (χ2n) is 9.21. The van der Waals surface area contributed by atoms with E-state index in [0.717, 1.165) is 59.5 Å². The first-order valence-electron chi connectivity index (χ1n) is 11.7. The van der Waals surface area contributed by atoms with Gasteiger partial charge in [-0.15, -0.1) is 11.3 Å². The normalized spacial score (nSPS) is 17.2. The minimum atomic E-state index is -0.692. The number of thiophene rings is 1. The van der Waals surface area contributed by atoms with Crippen molar-refractivity contribution in [2.45, 2.75) is 25.6 Å². The molecule has 0 fully saturated rings. The number of carbonyl (C=O) groups excluding carboxylic acids is 1. The molecule has 0 saturated heterocycles. The van der Waals surface area contributed by atoms with Gasteiger partial charge in [0.15, 0.2) is 0 Å². The van der Waals surface area contributed by atoms with Crippen LogP contribution in [0.15, 0.2) is 60.8 Å². The van der Waals surface area contributed by atoms with Crippen molar-refractivity contribution in [1.82, 2.24) is 14.4 Å². The van der Waals surface area contributed by atoms with Gasteiger partial charge < -0.3 is 19.7 Å². The van der Waals surface area contributed by atoms with Crippen LogP contribution in [-0.4, -0.2) is 34.0 Å². The highest BCUT2D eigenvalue weighted by molar-refractivity contribution is 7.15. The molecule has 2 aromatic heterocycles. The molecule has 2 aliphatic rings. The lowest BCUT2D eigenvalue weighted by Crippen LogP contribution is -2.38. The van der Waals surface area contributed by atoms with Gasteiger partial charge in [0.25, 0.3) is 0 Å². The van der Waals surface area contributed by atoms with Crippen LogP contribution in [0.3, 0.4) is 0 Å². The summed E-state index contributed by atoms with van der Waals surface area (Å²) >= 11 is 7.93. The monoisotopic (exact) mass is 524 g/mol. The lowest BCUT2D eigenvalue weighted by molar-refractivity contribution is 0.194. The fourth-order valence-corrected chi connectivity index (χ4v) is 6.70. The summed E-state index contributed by atoms with van der Waals surface area (Å²) in [5, 5.41) is 4.32. The molecule has 1 atom stereocenters. The molecule has 0 bridgehead atoms. The maximum atomic E-state index is 14.5. The number of aromatic nitrogens is 1. The molecule has 2 aliphatic heterocycles. The summed E-state index contributed by atoms with van der Waals surface area (Å²) in [5.41, 5.74) is 3.98. The highest BCUT2D eigenvalue weighted by Crippen LogP contribution is 2.43. The van der Waals surface area contributed by atoms with E-state index < -0.39 is 23.7 Å². The second kappa shape index (κ2) is 9.03. The first kappa shape index (κ1) is 23.2. The van der Waals surface area contributed by atoms with Gasteiger partial charge in [-0.05, 0) is 61.0 Å². The molecule has 0 spiro atoms. The van der Waals surface area contributed by atoms with E-state index in [9.17, 15) is 13.6 Å². The Kier molecular flexibility index (Phi) is 5.82. The molecule has 184 valence electrons. The number of urea groups is 1. The number of carbonyl (C=O) groups is 1. The average molecular weight is 525 g/mol. The molecule has 0 radical (unpaired) electrons. The fraction of sp³-hybridized carbons (Fsp3) is 0.222. The molecule has 5 nitrogen and oxygen atoms in total. The summed E-state index contributed by atoms with van der Waals surface area (Å²) in [4.78, 5) is 19.1. The third-order valence-electron chi connectivity index (χ3n) is 6.87. The van der Waals surface area contributed by atoms with Crippen LogP contribution in [0.2, 0.25) is 5.02 Å². The van der Waals surface area contributed by atoms with Crippen molar-refractivity contribution in [1.29, 1.82) is 0 Å². The van der Waals surface area contributed by atoms with Crippen molar-refractivity contribution in [3.63, 3.8) is 0 Å². The molecule has 4 heterocycles. The number of hydrogen-bond donors (Lipinski definition) is 1. The number of amides is 2. The number of nitrogens with zero attached hydrogens (tertiary/aromatic N) is 3. The van der Waals surface area contributed by atoms with E-state index >= 15 is 0 Å². The van der Waals surface area contributed by atoms with Crippen LogP contribution in [0.1, 0.15) is 33.3 Å². The SMILES string of the molecule is CN1CCc2c(sc3c2CN(C(=O)Nc2cc(F)ccc2F)[C@@H](c2ccc(Cl)cc2)c2cccn2-3)C1. The van der Waals surface area contributed by atoms with E-state index in [1.54, 1.807) is 28.4 Å². The van der Waals surface area contributed by atoms with Crippen LogP contribution < -0.4 is 5.32 Å². The Morgan fingerprint density at radius 3 is 2.69 bits per heavy atom. The standard InChI is InChI=1S/C27H23ClF2N4OS/c1-32-12-10-19-20-14-34(27(35)31-22-13-18(29)8-9-21(22)30)25(16-4-6-17(28)7-5-16)23-3-2-11-33(23)26(20)36-24(19)15-32/h2-9,11,13,25H,10,12,14-15H2,1H3,(H,31,35)/t25-/m0/s1. The number of benzene rings is 2. The van der Waals surface area contributed by atoms with E-state index in [1.165, 1.54) is 10.4 Å². The van der Waals surface area contributed by atoms with Crippen LogP contribution in [0, 0.1) is 11.6 Å². The summed E-state index contributed by atoms with van der Waals surface area (Å²) in [6.45, 7) is 2.14. The van der Waals surface area contributed by atoms with Crippen LogP contribution in [-0.2, 0) is 19.5 Å². The van der Waals surface area contributed by atoms with Gasteiger partial charge in [-0.2, -0.15) is 0 Å². The van der Waals surface area contributed by atoms with E-state index in [0.29, 0.717) is 11.6 Å². The van der Waals surface area contributed by atoms with Gasteiger partial charge in [0.1, 0.15) is 16.6 Å². The second-order valence-corrected chi connectivity index (χ2v) is 10.7. The molecule has 2 aromatic carbocycles. The van der Waals surface area contributed by atoms with Crippen LogP contribution in [0.5, 0.6) is 0 Å². The lowest BCUT2D eigenvalue weighted by atomic mass is 10.0. The number of hydrogen-bond acceptors (Lipinski definition) is 3. The molecule has 36 heavy (non-hydrogen) atoms. The van der Waals surface area contributed by atoms with Gasteiger partial charge in [0.2, 0.25) is 0 Å². The zero-order valence-electron chi connectivity index (χ0n) is 19.5. The molecule has 1 N–H and O–H groups in total. The van der Waals surface area contributed by atoms with Crippen molar-refractivity contribution < 1.29 is 13.6 Å². The van der Waals surface area contributed by atoms with E-state index in [-0.39, 0.29) is 5.69 Å². The highest BCUT2D eigenvalue weighted by Gasteiger charge is 2.36. The lowest BCUT2D eigenvalue weighted by Gasteiger charge is -2.32. The highest BCUT2D eigenvalue weighted by atomic mass is 35.5. The van der Waals surface area contributed by atoms with E-state index in [4.69, 9.17) is 11.6 Å². The summed E-state index contributed by atoms with van der Waals surface area (Å²) in [5.74, 6) is -1.31. The van der Waals surface area contributed by atoms with Crippen molar-refractivity contribution in [2.75, 3.05) is 18.9 Å². The van der Waals surface area contributed by atoms with Crippen molar-refractivity contribution >= 4 is 34.7 Å². The predicted molar refractivity (Wildman–Crippen MR) is 138 cm³/mol. The molecular formula is C27H23ClF2N4OS. The van der Waals surface area contributed by atoms with Crippen LogP contribution >= 0.6 is 22.9 Å². The smallest absolute Gasteiger partial charge is 0.310 e. The summed E-state index contributed by atoms with van der Waals surface area (Å²) in [6, 6.07) is 13.4. The van der Waals surface area contributed by atoms with Gasteiger partial charge in [-0.1, -0.05) is 23.7 Å². The molecule has 0 unspecified atom stereocenters. The minimum absolute atomic E-state index is 0.191. The molecule has 4 aromatic rings. The van der Waals surface area contributed by atoms with Crippen molar-refractivity contribution in [2.24, 2.45) is 0 Å². The Labute approximate surface area is 216 Å². The average Bonchev–Trinajstić information content (AvgIpc) is 3.43. The molecule has 6 rings (SSSR count). The number of nitrogens with one attached hydrogen (secondary N) is 1. The Balaban J connectivity index is 1.50. The fourth-order valence-electron chi connectivity index (χ4n) is 5.13. The van der Waals surface area contributed by atoms with Crippen molar-refractivity contribution in [3.8, 4) is 5.00 Å². The molecule has 2 amide bonds. The Hall–Kier alpha value is -3.20. The number of anilines is 1.